The predicted octanol–water partition coefficient (Wildman–Crippen LogP) is -0.254. The molecule has 0 spiro atoms. The lowest BCUT2D eigenvalue weighted by Gasteiger charge is -1.98. The van der Waals surface area contributed by atoms with Crippen molar-refractivity contribution in [2.75, 3.05) is 14.2 Å². The summed E-state index contributed by atoms with van der Waals surface area (Å²) in [4.78, 5) is 10.4. The van der Waals surface area contributed by atoms with E-state index in [0.717, 1.165) is 0 Å². The van der Waals surface area contributed by atoms with Crippen LogP contribution in [0.1, 0.15) is 6.42 Å². The van der Waals surface area contributed by atoms with Crippen molar-refractivity contribution in [1.29, 1.82) is 5.41 Å². The molecule has 0 saturated heterocycles. The van der Waals surface area contributed by atoms with E-state index in [1.165, 1.54) is 14.2 Å². The monoisotopic (exact) mass is 130 g/mol. The summed E-state index contributed by atoms with van der Waals surface area (Å²) in [5.74, 6) is -0.226. The van der Waals surface area contributed by atoms with E-state index in [-0.39, 0.29) is 18.2 Å². The lowest BCUT2D eigenvalue weighted by molar-refractivity contribution is -0.119. The van der Waals surface area contributed by atoms with Gasteiger partial charge in [-0.3, -0.25) is 10.2 Å². The van der Waals surface area contributed by atoms with Crippen LogP contribution in [0.4, 0.5) is 0 Å². The van der Waals surface area contributed by atoms with E-state index in [4.69, 9.17) is 5.41 Å². The van der Waals surface area contributed by atoms with Crippen LogP contribution < -0.4 is 5.32 Å². The Balaban J connectivity index is 3.47. The number of hydrogen-bond acceptors (Lipinski definition) is 3. The molecule has 9 heavy (non-hydrogen) atoms. The Labute approximate surface area is 53.7 Å². The summed E-state index contributed by atoms with van der Waals surface area (Å²) >= 11 is 0. The second kappa shape index (κ2) is 3.88. The minimum atomic E-state index is -0.207. The van der Waals surface area contributed by atoms with Gasteiger partial charge in [-0.1, -0.05) is 0 Å². The molecule has 0 rings (SSSR count). The maximum absolute atomic E-state index is 10.4. The summed E-state index contributed by atoms with van der Waals surface area (Å²) in [5.41, 5.74) is 0. The molecule has 0 atom stereocenters. The smallest absolute Gasteiger partial charge is 0.229 e. The van der Waals surface area contributed by atoms with Gasteiger partial charge in [-0.25, -0.2) is 0 Å². The summed E-state index contributed by atoms with van der Waals surface area (Å²) in [7, 11) is 2.89. The summed E-state index contributed by atoms with van der Waals surface area (Å²) < 4.78 is 4.45. The minimum absolute atomic E-state index is 0.0191. The number of ether oxygens (including phenoxy) is 1. The highest BCUT2D eigenvalue weighted by Gasteiger charge is 2.01. The molecule has 1 amide bonds. The SMILES string of the molecule is CNC(=O)CC(=N)OC. The van der Waals surface area contributed by atoms with Gasteiger partial charge in [-0.05, 0) is 0 Å². The molecule has 2 N–H and O–H groups in total. The van der Waals surface area contributed by atoms with E-state index in [1.54, 1.807) is 0 Å². The summed E-state index contributed by atoms with van der Waals surface area (Å²) in [6, 6.07) is 0. The zero-order valence-electron chi connectivity index (χ0n) is 5.52. The van der Waals surface area contributed by atoms with Gasteiger partial charge in [-0.2, -0.15) is 0 Å². The second-order valence-electron chi connectivity index (χ2n) is 1.48. The Bertz CT molecular complexity index is 108. The van der Waals surface area contributed by atoms with Crippen LogP contribution in [-0.2, 0) is 9.53 Å². The molecule has 52 valence electrons. The number of hydrogen-bond donors (Lipinski definition) is 2. The van der Waals surface area contributed by atoms with Crippen LogP contribution in [0.25, 0.3) is 0 Å². The third-order valence-electron chi connectivity index (χ3n) is 0.846. The number of nitrogens with one attached hydrogen (secondary N) is 2. The summed E-state index contributed by atoms with van der Waals surface area (Å²) in [5, 5.41) is 9.26. The van der Waals surface area contributed by atoms with Crippen LogP contribution in [0.3, 0.4) is 0 Å². The molecule has 4 nitrogen and oxygen atoms in total. The normalized spacial score (nSPS) is 8.22. The van der Waals surface area contributed by atoms with Gasteiger partial charge in [0.05, 0.1) is 7.11 Å². The molecule has 0 saturated carbocycles. The van der Waals surface area contributed by atoms with Gasteiger partial charge in [0.15, 0.2) is 5.90 Å². The van der Waals surface area contributed by atoms with Gasteiger partial charge < -0.3 is 10.1 Å². The summed E-state index contributed by atoms with van der Waals surface area (Å²) in [6.45, 7) is 0. The van der Waals surface area contributed by atoms with E-state index in [9.17, 15) is 4.79 Å². The zero-order valence-corrected chi connectivity index (χ0v) is 5.52. The van der Waals surface area contributed by atoms with E-state index in [2.05, 4.69) is 10.1 Å². The molecule has 0 aromatic heterocycles. The topological polar surface area (TPSA) is 62.2 Å². The average molecular weight is 130 g/mol. The van der Waals surface area contributed by atoms with Crippen LogP contribution in [0.2, 0.25) is 0 Å². The molecule has 0 radical (unpaired) electrons. The Morgan fingerprint density at radius 2 is 2.33 bits per heavy atom. The first kappa shape index (κ1) is 7.94. The van der Waals surface area contributed by atoms with Crippen molar-refractivity contribution in [3.05, 3.63) is 0 Å². The molecule has 0 aliphatic heterocycles. The van der Waals surface area contributed by atoms with Gasteiger partial charge in [-0.15, -0.1) is 0 Å². The Kier molecular flexibility index (Phi) is 3.43. The Morgan fingerprint density at radius 1 is 1.78 bits per heavy atom. The molecule has 0 aromatic carbocycles. The standard InChI is InChI=1S/C5H10N2O2/c1-7-5(8)3-4(6)9-2/h6H,3H2,1-2H3,(H,7,8). The molecule has 0 aliphatic carbocycles. The molecule has 0 heterocycles. The van der Waals surface area contributed by atoms with E-state index in [0.29, 0.717) is 0 Å². The van der Waals surface area contributed by atoms with Crippen molar-refractivity contribution >= 4 is 11.8 Å². The lowest BCUT2D eigenvalue weighted by atomic mass is 10.4. The molecule has 0 bridgehead atoms. The fraction of sp³-hybridized carbons (Fsp3) is 0.600. The maximum Gasteiger partial charge on any atom is 0.229 e. The molecule has 0 aliphatic rings. The number of amides is 1. The minimum Gasteiger partial charge on any atom is -0.484 e. The highest BCUT2D eigenvalue weighted by Crippen LogP contribution is 1.82. The van der Waals surface area contributed by atoms with E-state index in [1.807, 2.05) is 0 Å². The highest BCUT2D eigenvalue weighted by molar-refractivity contribution is 5.95. The summed E-state index contributed by atoms with van der Waals surface area (Å²) in [6.07, 6.45) is 0.0208. The fourth-order valence-electron chi connectivity index (χ4n) is 0.306. The van der Waals surface area contributed by atoms with Crippen molar-refractivity contribution in [1.82, 2.24) is 5.32 Å². The molecular formula is C5H10N2O2. The van der Waals surface area contributed by atoms with Crippen LogP contribution >= 0.6 is 0 Å². The number of rotatable bonds is 2. The van der Waals surface area contributed by atoms with Gasteiger partial charge in [0.1, 0.15) is 6.42 Å². The van der Waals surface area contributed by atoms with Crippen LogP contribution in [0, 0.1) is 5.41 Å². The zero-order chi connectivity index (χ0) is 7.28. The highest BCUT2D eigenvalue weighted by atomic mass is 16.5. The molecule has 4 heteroatoms. The van der Waals surface area contributed by atoms with Crippen molar-refractivity contribution in [3.8, 4) is 0 Å². The fourth-order valence-corrected chi connectivity index (χ4v) is 0.306. The van der Waals surface area contributed by atoms with Crippen LogP contribution in [-0.4, -0.2) is 26.0 Å². The van der Waals surface area contributed by atoms with Crippen molar-refractivity contribution in [2.24, 2.45) is 0 Å². The number of carbonyl (C=O) groups is 1. The first-order valence-electron chi connectivity index (χ1n) is 2.52. The van der Waals surface area contributed by atoms with Crippen LogP contribution in [0.15, 0.2) is 0 Å². The van der Waals surface area contributed by atoms with Crippen molar-refractivity contribution < 1.29 is 9.53 Å². The van der Waals surface area contributed by atoms with Gasteiger partial charge in [0.25, 0.3) is 0 Å². The number of carbonyl (C=O) groups excluding carboxylic acids is 1. The molecule has 0 fully saturated rings. The third kappa shape index (κ3) is 3.52. The van der Waals surface area contributed by atoms with Gasteiger partial charge in [0.2, 0.25) is 5.91 Å². The van der Waals surface area contributed by atoms with Gasteiger partial charge >= 0.3 is 0 Å². The maximum atomic E-state index is 10.4. The quantitative estimate of drug-likeness (QED) is 0.400. The Morgan fingerprint density at radius 3 is 2.67 bits per heavy atom. The van der Waals surface area contributed by atoms with E-state index < -0.39 is 0 Å². The average Bonchev–Trinajstić information content (AvgIpc) is 1.87. The largest absolute Gasteiger partial charge is 0.484 e. The molecule has 0 aromatic rings. The Hall–Kier alpha value is -1.06. The molecule has 0 unspecified atom stereocenters. The van der Waals surface area contributed by atoms with Crippen molar-refractivity contribution in [2.45, 2.75) is 6.42 Å². The van der Waals surface area contributed by atoms with Crippen LogP contribution in [0.5, 0.6) is 0 Å². The predicted molar refractivity (Wildman–Crippen MR) is 33.4 cm³/mol. The first-order valence-corrected chi connectivity index (χ1v) is 2.52. The molecular weight excluding hydrogens is 120 g/mol. The third-order valence-corrected chi connectivity index (χ3v) is 0.846. The number of methoxy groups -OCH3 is 1. The lowest BCUT2D eigenvalue weighted by Crippen LogP contribution is -2.21. The second-order valence-corrected chi connectivity index (χ2v) is 1.48. The van der Waals surface area contributed by atoms with Gasteiger partial charge in [0, 0.05) is 7.05 Å². The van der Waals surface area contributed by atoms with E-state index >= 15 is 0 Å². The van der Waals surface area contributed by atoms with Crippen molar-refractivity contribution in [3.63, 3.8) is 0 Å². The first-order chi connectivity index (χ1) is 4.20.